The largest absolute Gasteiger partial charge is 0.399 e. The molecule has 0 saturated carbocycles. The van der Waals surface area contributed by atoms with Gasteiger partial charge in [0, 0.05) is 17.3 Å². The van der Waals surface area contributed by atoms with E-state index in [1.807, 2.05) is 31.3 Å². The molecule has 0 unspecified atom stereocenters. The molecule has 1 aromatic carbocycles. The summed E-state index contributed by atoms with van der Waals surface area (Å²) < 4.78 is 1.75. The molecule has 0 atom stereocenters. The third-order valence-electron chi connectivity index (χ3n) is 2.57. The molecule has 3 rings (SSSR count). The lowest BCUT2D eigenvalue weighted by Crippen LogP contribution is -2.00. The molecule has 0 aliphatic heterocycles. The van der Waals surface area contributed by atoms with Crippen molar-refractivity contribution >= 4 is 16.6 Å². The molecule has 17 heavy (non-hydrogen) atoms. The van der Waals surface area contributed by atoms with Gasteiger partial charge in [-0.2, -0.15) is 5.10 Å². The SMILES string of the molecule is Cc1cnn(-c2ncnc3cc(N)ccc23)c1. The lowest BCUT2D eigenvalue weighted by Gasteiger charge is -2.04. The zero-order chi connectivity index (χ0) is 11.8. The van der Waals surface area contributed by atoms with Crippen LogP contribution in [-0.2, 0) is 0 Å². The Hall–Kier alpha value is -2.43. The van der Waals surface area contributed by atoms with Crippen molar-refractivity contribution in [1.29, 1.82) is 0 Å². The van der Waals surface area contributed by atoms with Crippen molar-refractivity contribution in [2.75, 3.05) is 5.73 Å². The van der Waals surface area contributed by atoms with Crippen LogP contribution >= 0.6 is 0 Å². The number of aryl methyl sites for hydroxylation is 1. The first-order valence-electron chi connectivity index (χ1n) is 5.26. The normalized spacial score (nSPS) is 10.9. The number of rotatable bonds is 1. The summed E-state index contributed by atoms with van der Waals surface area (Å²) in [6.07, 6.45) is 5.25. The highest BCUT2D eigenvalue weighted by molar-refractivity contribution is 5.87. The topological polar surface area (TPSA) is 69.6 Å². The van der Waals surface area contributed by atoms with Gasteiger partial charge in [-0.1, -0.05) is 0 Å². The first-order valence-corrected chi connectivity index (χ1v) is 5.26. The molecule has 2 N–H and O–H groups in total. The molecular weight excluding hydrogens is 214 g/mol. The van der Waals surface area contributed by atoms with Gasteiger partial charge in [0.15, 0.2) is 5.82 Å². The maximum atomic E-state index is 5.73. The van der Waals surface area contributed by atoms with Crippen molar-refractivity contribution in [2.24, 2.45) is 0 Å². The Morgan fingerprint density at radius 3 is 2.88 bits per heavy atom. The molecule has 0 amide bonds. The number of nitrogens with zero attached hydrogens (tertiary/aromatic N) is 4. The van der Waals surface area contributed by atoms with E-state index >= 15 is 0 Å². The van der Waals surface area contributed by atoms with Gasteiger partial charge < -0.3 is 5.73 Å². The van der Waals surface area contributed by atoms with Gasteiger partial charge in [-0.25, -0.2) is 14.6 Å². The van der Waals surface area contributed by atoms with E-state index < -0.39 is 0 Å². The van der Waals surface area contributed by atoms with E-state index in [2.05, 4.69) is 15.1 Å². The van der Waals surface area contributed by atoms with Gasteiger partial charge >= 0.3 is 0 Å². The second kappa shape index (κ2) is 3.55. The molecule has 0 radical (unpaired) electrons. The van der Waals surface area contributed by atoms with Crippen molar-refractivity contribution in [2.45, 2.75) is 6.92 Å². The maximum Gasteiger partial charge on any atom is 0.164 e. The number of nitrogen functional groups attached to an aromatic ring is 1. The molecule has 0 saturated heterocycles. The van der Waals surface area contributed by atoms with Crippen molar-refractivity contribution in [1.82, 2.24) is 19.7 Å². The second-order valence-corrected chi connectivity index (χ2v) is 3.94. The van der Waals surface area contributed by atoms with E-state index in [1.165, 1.54) is 6.33 Å². The van der Waals surface area contributed by atoms with Crippen LogP contribution in [0, 0.1) is 6.92 Å². The molecule has 0 bridgehead atoms. The first kappa shape index (κ1) is 9.77. The van der Waals surface area contributed by atoms with Crippen LogP contribution in [0.4, 0.5) is 5.69 Å². The minimum absolute atomic E-state index is 0.693. The van der Waals surface area contributed by atoms with E-state index in [-0.39, 0.29) is 0 Å². The van der Waals surface area contributed by atoms with Crippen LogP contribution in [0.5, 0.6) is 0 Å². The summed E-state index contributed by atoms with van der Waals surface area (Å²) in [6.45, 7) is 1.99. The molecule has 5 heteroatoms. The molecule has 2 heterocycles. The van der Waals surface area contributed by atoms with Crippen molar-refractivity contribution < 1.29 is 0 Å². The summed E-state index contributed by atoms with van der Waals surface area (Å²) in [5.41, 5.74) is 8.34. The Morgan fingerprint density at radius 1 is 1.24 bits per heavy atom. The lowest BCUT2D eigenvalue weighted by atomic mass is 10.2. The van der Waals surface area contributed by atoms with Crippen LogP contribution in [0.2, 0.25) is 0 Å². The first-order chi connectivity index (χ1) is 8.24. The average molecular weight is 225 g/mol. The molecular formula is C12H11N5. The number of hydrogen-bond donors (Lipinski definition) is 1. The van der Waals surface area contributed by atoms with Crippen LogP contribution in [0.25, 0.3) is 16.7 Å². The second-order valence-electron chi connectivity index (χ2n) is 3.94. The summed E-state index contributed by atoms with van der Waals surface area (Å²) >= 11 is 0. The van der Waals surface area contributed by atoms with Gasteiger partial charge in [-0.05, 0) is 30.7 Å². The van der Waals surface area contributed by atoms with Crippen LogP contribution in [0.3, 0.4) is 0 Å². The highest BCUT2D eigenvalue weighted by Gasteiger charge is 2.06. The van der Waals surface area contributed by atoms with Gasteiger partial charge in [0.2, 0.25) is 0 Å². The lowest BCUT2D eigenvalue weighted by molar-refractivity contribution is 0.850. The Kier molecular flexibility index (Phi) is 2.04. The summed E-state index contributed by atoms with van der Waals surface area (Å²) in [6, 6.07) is 5.58. The summed E-state index contributed by atoms with van der Waals surface area (Å²) in [5, 5.41) is 5.19. The Morgan fingerprint density at radius 2 is 2.12 bits per heavy atom. The van der Waals surface area contributed by atoms with Crippen LogP contribution in [-0.4, -0.2) is 19.7 Å². The van der Waals surface area contributed by atoms with E-state index in [0.29, 0.717) is 5.69 Å². The molecule has 2 aromatic heterocycles. The van der Waals surface area contributed by atoms with Crippen molar-refractivity contribution in [3.05, 3.63) is 42.5 Å². The quantitative estimate of drug-likeness (QED) is 0.640. The fraction of sp³-hybridized carbons (Fsp3) is 0.0833. The monoisotopic (exact) mass is 225 g/mol. The zero-order valence-corrected chi connectivity index (χ0v) is 9.33. The predicted molar refractivity (Wildman–Crippen MR) is 65.8 cm³/mol. The number of anilines is 1. The molecule has 0 fully saturated rings. The van der Waals surface area contributed by atoms with E-state index in [9.17, 15) is 0 Å². The molecule has 0 spiro atoms. The summed E-state index contributed by atoms with van der Waals surface area (Å²) in [7, 11) is 0. The van der Waals surface area contributed by atoms with Crippen LogP contribution < -0.4 is 5.73 Å². The maximum absolute atomic E-state index is 5.73. The molecule has 3 aromatic rings. The fourth-order valence-corrected chi connectivity index (χ4v) is 1.77. The summed E-state index contributed by atoms with van der Waals surface area (Å²) in [5.74, 6) is 0.767. The Bertz CT molecular complexity index is 686. The van der Waals surface area contributed by atoms with E-state index in [1.54, 1.807) is 10.9 Å². The third-order valence-corrected chi connectivity index (χ3v) is 2.57. The van der Waals surface area contributed by atoms with Gasteiger partial charge in [0.1, 0.15) is 6.33 Å². The molecule has 84 valence electrons. The number of hydrogen-bond acceptors (Lipinski definition) is 4. The average Bonchev–Trinajstić information content (AvgIpc) is 2.74. The van der Waals surface area contributed by atoms with Gasteiger partial charge in [-0.15, -0.1) is 0 Å². The number of nitrogens with two attached hydrogens (primary N) is 1. The fourth-order valence-electron chi connectivity index (χ4n) is 1.77. The van der Waals surface area contributed by atoms with Crippen molar-refractivity contribution in [3.8, 4) is 5.82 Å². The van der Waals surface area contributed by atoms with Crippen molar-refractivity contribution in [3.63, 3.8) is 0 Å². The minimum Gasteiger partial charge on any atom is -0.399 e. The minimum atomic E-state index is 0.693. The van der Waals surface area contributed by atoms with Gasteiger partial charge in [0.25, 0.3) is 0 Å². The third kappa shape index (κ3) is 1.61. The van der Waals surface area contributed by atoms with Crippen LogP contribution in [0.1, 0.15) is 5.56 Å². The van der Waals surface area contributed by atoms with E-state index in [0.717, 1.165) is 22.3 Å². The highest BCUT2D eigenvalue weighted by Crippen LogP contribution is 2.20. The number of aromatic nitrogens is 4. The summed E-state index contributed by atoms with van der Waals surface area (Å²) in [4.78, 5) is 8.47. The number of benzene rings is 1. The molecule has 0 aliphatic rings. The smallest absolute Gasteiger partial charge is 0.164 e. The van der Waals surface area contributed by atoms with Gasteiger partial charge in [-0.3, -0.25) is 0 Å². The Balaban J connectivity index is 2.30. The Labute approximate surface area is 97.9 Å². The molecule has 0 aliphatic carbocycles. The van der Waals surface area contributed by atoms with Crippen LogP contribution in [0.15, 0.2) is 36.9 Å². The number of fused-ring (bicyclic) bond motifs is 1. The molecule has 5 nitrogen and oxygen atoms in total. The standard InChI is InChI=1S/C12H11N5/c1-8-5-16-17(6-8)12-10-3-2-9(13)4-11(10)14-7-15-12/h2-7H,13H2,1H3. The zero-order valence-electron chi connectivity index (χ0n) is 9.33. The van der Waals surface area contributed by atoms with E-state index in [4.69, 9.17) is 5.73 Å². The highest BCUT2D eigenvalue weighted by atomic mass is 15.3. The predicted octanol–water partition coefficient (Wildman–Crippen LogP) is 1.71. The van der Waals surface area contributed by atoms with Gasteiger partial charge in [0.05, 0.1) is 11.7 Å².